The molecule has 1 atom stereocenters. The summed E-state index contributed by atoms with van der Waals surface area (Å²) >= 11 is 0. The molecule has 1 heterocycles. The van der Waals surface area contributed by atoms with Crippen LogP contribution in [0.25, 0.3) is 0 Å². The van der Waals surface area contributed by atoms with E-state index in [2.05, 4.69) is 5.32 Å². The predicted octanol–water partition coefficient (Wildman–Crippen LogP) is 0.462. The molecule has 1 aliphatic rings. The van der Waals surface area contributed by atoms with E-state index in [1.54, 1.807) is 0 Å². The third-order valence-corrected chi connectivity index (χ3v) is 2.15. The van der Waals surface area contributed by atoms with E-state index in [1.807, 2.05) is 0 Å². The number of carbonyl (C=O) groups is 1. The lowest BCUT2D eigenvalue weighted by Crippen LogP contribution is -2.43. The zero-order valence-corrected chi connectivity index (χ0v) is 7.59. The van der Waals surface area contributed by atoms with Crippen LogP contribution in [0.15, 0.2) is 0 Å². The van der Waals surface area contributed by atoms with Crippen LogP contribution in [0.3, 0.4) is 0 Å². The first-order chi connectivity index (χ1) is 6.11. The number of nitrogens with one attached hydrogen (secondary N) is 1. The summed E-state index contributed by atoms with van der Waals surface area (Å²) in [6, 6.07) is -0.247. The molecule has 13 heavy (non-hydrogen) atoms. The maximum atomic E-state index is 11.9. The summed E-state index contributed by atoms with van der Waals surface area (Å²) in [5.74, 6) is -0.224. The highest BCUT2D eigenvalue weighted by Crippen LogP contribution is 2.08. The van der Waals surface area contributed by atoms with Crippen LogP contribution in [0, 0.1) is 0 Å². The van der Waals surface area contributed by atoms with Gasteiger partial charge in [0.05, 0.1) is 12.6 Å². The van der Waals surface area contributed by atoms with E-state index >= 15 is 0 Å². The summed E-state index contributed by atoms with van der Waals surface area (Å²) < 4.78 is 23.8. The molecule has 1 saturated heterocycles. The van der Waals surface area contributed by atoms with Crippen molar-refractivity contribution in [2.45, 2.75) is 25.3 Å². The third-order valence-electron chi connectivity index (χ3n) is 2.15. The van der Waals surface area contributed by atoms with Crippen molar-refractivity contribution in [3.63, 3.8) is 0 Å². The molecule has 3 nitrogen and oxygen atoms in total. The van der Waals surface area contributed by atoms with Crippen molar-refractivity contribution in [2.24, 2.45) is 0 Å². The maximum Gasteiger partial charge on any atom is 0.255 e. The molecule has 0 saturated carbocycles. The Bertz CT molecular complexity index is 181. The van der Waals surface area contributed by atoms with Gasteiger partial charge in [0.1, 0.15) is 0 Å². The summed E-state index contributed by atoms with van der Waals surface area (Å²) in [7, 11) is 1.41. The number of hydrogen-bond donors (Lipinski definition) is 1. The van der Waals surface area contributed by atoms with Gasteiger partial charge in [-0.1, -0.05) is 0 Å². The zero-order chi connectivity index (χ0) is 9.84. The van der Waals surface area contributed by atoms with Gasteiger partial charge in [-0.3, -0.25) is 4.79 Å². The highest BCUT2D eigenvalue weighted by Gasteiger charge is 2.25. The molecule has 1 unspecified atom stereocenters. The van der Waals surface area contributed by atoms with Crippen LogP contribution in [0.5, 0.6) is 0 Å². The van der Waals surface area contributed by atoms with Gasteiger partial charge < -0.3 is 10.2 Å². The molecule has 1 fully saturated rings. The minimum Gasteiger partial charge on any atom is -0.339 e. The molecule has 5 heteroatoms. The Morgan fingerprint density at radius 2 is 2.38 bits per heavy atom. The average molecular weight is 192 g/mol. The predicted molar refractivity (Wildman–Crippen MR) is 44.7 cm³/mol. The lowest BCUT2D eigenvalue weighted by molar-refractivity contribution is -0.133. The zero-order valence-electron chi connectivity index (χ0n) is 7.59. The van der Waals surface area contributed by atoms with Crippen molar-refractivity contribution in [1.82, 2.24) is 10.2 Å². The molecule has 0 aliphatic carbocycles. The summed E-state index contributed by atoms with van der Waals surface area (Å²) in [5, 5.41) is 2.97. The standard InChI is InChI=1S/C8H14F2N2O/c1-12(5-7(9)10)8(13)6-3-2-4-11-6/h6-7,11H,2-5H2,1H3. The van der Waals surface area contributed by atoms with Crippen molar-refractivity contribution in [3.8, 4) is 0 Å². The molecule has 0 aromatic carbocycles. The Kier molecular flexibility index (Phi) is 3.59. The maximum absolute atomic E-state index is 11.9. The minimum atomic E-state index is -2.45. The fraction of sp³-hybridized carbons (Fsp3) is 0.875. The van der Waals surface area contributed by atoms with Crippen molar-refractivity contribution in [3.05, 3.63) is 0 Å². The van der Waals surface area contributed by atoms with Gasteiger partial charge in [0.25, 0.3) is 6.43 Å². The molecule has 0 bridgehead atoms. The number of carbonyl (C=O) groups excluding carboxylic acids is 1. The second-order valence-electron chi connectivity index (χ2n) is 3.26. The molecule has 0 aromatic heterocycles. The molecular formula is C8H14F2N2O. The lowest BCUT2D eigenvalue weighted by atomic mass is 10.2. The number of amides is 1. The monoisotopic (exact) mass is 192 g/mol. The minimum absolute atomic E-state index is 0.224. The second kappa shape index (κ2) is 4.50. The highest BCUT2D eigenvalue weighted by atomic mass is 19.3. The normalized spacial score (nSPS) is 22.3. The SMILES string of the molecule is CN(CC(F)F)C(=O)C1CCCN1. The molecule has 76 valence electrons. The van der Waals surface area contributed by atoms with E-state index < -0.39 is 13.0 Å². The van der Waals surface area contributed by atoms with Crippen LogP contribution in [0.4, 0.5) is 8.78 Å². The molecule has 0 spiro atoms. The van der Waals surface area contributed by atoms with Gasteiger partial charge in [-0.15, -0.1) is 0 Å². The van der Waals surface area contributed by atoms with Crippen LogP contribution in [0.1, 0.15) is 12.8 Å². The number of alkyl halides is 2. The average Bonchev–Trinajstić information content (AvgIpc) is 2.53. The number of hydrogen-bond acceptors (Lipinski definition) is 2. The van der Waals surface area contributed by atoms with Gasteiger partial charge >= 0.3 is 0 Å². The van der Waals surface area contributed by atoms with E-state index in [0.29, 0.717) is 0 Å². The van der Waals surface area contributed by atoms with Crippen LogP contribution < -0.4 is 5.32 Å². The Labute approximate surface area is 76.1 Å². The van der Waals surface area contributed by atoms with E-state index in [4.69, 9.17) is 0 Å². The first kappa shape index (κ1) is 10.4. The quantitative estimate of drug-likeness (QED) is 0.704. The third kappa shape index (κ3) is 2.91. The van der Waals surface area contributed by atoms with Gasteiger partial charge in [0.15, 0.2) is 0 Å². The summed E-state index contributed by atoms with van der Waals surface area (Å²) in [6.45, 7) is 0.329. The number of nitrogens with zero attached hydrogens (tertiary/aromatic N) is 1. The van der Waals surface area contributed by atoms with E-state index in [0.717, 1.165) is 24.3 Å². The lowest BCUT2D eigenvalue weighted by Gasteiger charge is -2.20. The van der Waals surface area contributed by atoms with Gasteiger partial charge in [-0.05, 0) is 19.4 Å². The largest absolute Gasteiger partial charge is 0.339 e. The summed E-state index contributed by atoms with van der Waals surface area (Å²) in [4.78, 5) is 12.5. The van der Waals surface area contributed by atoms with Crippen LogP contribution >= 0.6 is 0 Å². The van der Waals surface area contributed by atoms with Gasteiger partial charge in [0.2, 0.25) is 5.91 Å². The smallest absolute Gasteiger partial charge is 0.255 e. The molecule has 1 N–H and O–H groups in total. The van der Waals surface area contributed by atoms with E-state index in [-0.39, 0.29) is 11.9 Å². The van der Waals surface area contributed by atoms with Crippen LogP contribution in [-0.2, 0) is 4.79 Å². The molecule has 1 amide bonds. The Hall–Kier alpha value is -0.710. The first-order valence-corrected chi connectivity index (χ1v) is 4.38. The topological polar surface area (TPSA) is 32.3 Å². The van der Waals surface area contributed by atoms with Crippen molar-refractivity contribution >= 4 is 5.91 Å². The molecule has 1 aliphatic heterocycles. The number of rotatable bonds is 3. The summed E-state index contributed by atoms with van der Waals surface area (Å²) in [5.41, 5.74) is 0. The Morgan fingerprint density at radius 3 is 2.85 bits per heavy atom. The first-order valence-electron chi connectivity index (χ1n) is 4.38. The molecule has 1 rings (SSSR count). The molecule has 0 aromatic rings. The summed E-state index contributed by atoms with van der Waals surface area (Å²) in [6.07, 6.45) is -0.749. The fourth-order valence-electron chi connectivity index (χ4n) is 1.46. The van der Waals surface area contributed by atoms with Gasteiger partial charge in [0, 0.05) is 7.05 Å². The highest BCUT2D eigenvalue weighted by molar-refractivity contribution is 5.81. The second-order valence-corrected chi connectivity index (χ2v) is 3.26. The number of likely N-dealkylation sites (N-methyl/N-ethyl adjacent to an activating group) is 1. The van der Waals surface area contributed by atoms with Crippen LogP contribution in [-0.4, -0.2) is 43.4 Å². The number of halogens is 2. The Morgan fingerprint density at radius 1 is 1.69 bits per heavy atom. The van der Waals surface area contributed by atoms with Crippen LogP contribution in [0.2, 0.25) is 0 Å². The van der Waals surface area contributed by atoms with Crippen molar-refractivity contribution in [2.75, 3.05) is 20.1 Å². The van der Waals surface area contributed by atoms with Crippen molar-refractivity contribution in [1.29, 1.82) is 0 Å². The molecule has 0 radical (unpaired) electrons. The van der Waals surface area contributed by atoms with Crippen molar-refractivity contribution < 1.29 is 13.6 Å². The van der Waals surface area contributed by atoms with Gasteiger partial charge in [-0.25, -0.2) is 8.78 Å². The van der Waals surface area contributed by atoms with E-state index in [9.17, 15) is 13.6 Å². The Balaban J connectivity index is 2.36. The fourth-order valence-corrected chi connectivity index (χ4v) is 1.46. The van der Waals surface area contributed by atoms with Gasteiger partial charge in [-0.2, -0.15) is 0 Å². The molecular weight excluding hydrogens is 178 g/mol. The van der Waals surface area contributed by atoms with E-state index in [1.165, 1.54) is 7.05 Å².